The van der Waals surface area contributed by atoms with Crippen LogP contribution in [0.1, 0.15) is 17.5 Å². The molecule has 0 radical (unpaired) electrons. The first kappa shape index (κ1) is 17.3. The van der Waals surface area contributed by atoms with Crippen LogP contribution in [-0.4, -0.2) is 23.8 Å². The predicted molar refractivity (Wildman–Crippen MR) is 102 cm³/mol. The van der Waals surface area contributed by atoms with Crippen LogP contribution in [0.25, 0.3) is 0 Å². The molecule has 2 aliphatic heterocycles. The topological polar surface area (TPSA) is 27.6 Å². The van der Waals surface area contributed by atoms with Crippen LogP contribution in [0.15, 0.2) is 64.9 Å². The standard InChI is InChI=1S/C22H19F2N3/c23-19-10-9-17(11-20(19)24)13-27-14-22-21(25-15-27)12-18(26-22)8-4-7-16-5-2-1-3-6-16/h1-3,5-6,9-11,15,18,26H,7,12-14H2. The van der Waals surface area contributed by atoms with Crippen LogP contribution in [-0.2, 0) is 13.0 Å². The fraction of sp³-hybridized carbons (Fsp3) is 0.227. The minimum Gasteiger partial charge on any atom is -0.372 e. The number of rotatable bonds is 3. The lowest BCUT2D eigenvalue weighted by atomic mass is 10.1. The van der Waals surface area contributed by atoms with E-state index in [1.54, 1.807) is 12.4 Å². The lowest BCUT2D eigenvalue weighted by Gasteiger charge is -2.24. The molecule has 2 aromatic rings. The van der Waals surface area contributed by atoms with Gasteiger partial charge in [0.1, 0.15) is 0 Å². The molecule has 1 N–H and O–H groups in total. The molecule has 2 heterocycles. The van der Waals surface area contributed by atoms with Gasteiger partial charge in [-0.05, 0) is 23.3 Å². The molecular weight excluding hydrogens is 344 g/mol. The van der Waals surface area contributed by atoms with Crippen LogP contribution >= 0.6 is 0 Å². The Bertz CT molecular complexity index is 955. The van der Waals surface area contributed by atoms with Gasteiger partial charge in [0.15, 0.2) is 11.6 Å². The lowest BCUT2D eigenvalue weighted by molar-refractivity contribution is 0.438. The van der Waals surface area contributed by atoms with Crippen molar-refractivity contribution >= 4 is 6.34 Å². The molecule has 0 aliphatic carbocycles. The fourth-order valence-corrected chi connectivity index (χ4v) is 3.25. The first-order chi connectivity index (χ1) is 13.2. The third-order valence-electron chi connectivity index (χ3n) is 4.61. The maximum absolute atomic E-state index is 13.4. The first-order valence-corrected chi connectivity index (χ1v) is 8.90. The van der Waals surface area contributed by atoms with Crippen molar-refractivity contribution in [2.24, 2.45) is 4.99 Å². The Kier molecular flexibility index (Phi) is 4.88. The van der Waals surface area contributed by atoms with Crippen LogP contribution in [0.4, 0.5) is 8.78 Å². The molecule has 27 heavy (non-hydrogen) atoms. The van der Waals surface area contributed by atoms with Gasteiger partial charge in [0.2, 0.25) is 0 Å². The molecule has 3 nitrogen and oxygen atoms in total. The van der Waals surface area contributed by atoms with Gasteiger partial charge in [0, 0.05) is 19.4 Å². The summed E-state index contributed by atoms with van der Waals surface area (Å²) >= 11 is 0. The van der Waals surface area contributed by atoms with Crippen molar-refractivity contribution in [1.29, 1.82) is 0 Å². The highest BCUT2D eigenvalue weighted by Gasteiger charge is 2.25. The van der Waals surface area contributed by atoms with Gasteiger partial charge < -0.3 is 10.2 Å². The summed E-state index contributed by atoms with van der Waals surface area (Å²) in [7, 11) is 0. The Morgan fingerprint density at radius 2 is 1.93 bits per heavy atom. The average Bonchev–Trinajstić information content (AvgIpc) is 3.08. The summed E-state index contributed by atoms with van der Waals surface area (Å²) in [5.41, 5.74) is 3.99. The van der Waals surface area contributed by atoms with Crippen molar-refractivity contribution in [2.45, 2.75) is 25.4 Å². The Hall–Kier alpha value is -3.13. The molecule has 0 bridgehead atoms. The highest BCUT2D eigenvalue weighted by molar-refractivity contribution is 5.60. The number of aliphatic imine (C=N–C) groups is 1. The molecule has 5 heteroatoms. The maximum atomic E-state index is 13.4. The van der Waals surface area contributed by atoms with Gasteiger partial charge in [-0.2, -0.15) is 0 Å². The Morgan fingerprint density at radius 3 is 2.74 bits per heavy atom. The number of nitrogens with one attached hydrogen (secondary N) is 1. The Balaban J connectivity index is 1.33. The van der Waals surface area contributed by atoms with Crippen molar-refractivity contribution < 1.29 is 8.78 Å². The van der Waals surface area contributed by atoms with Gasteiger partial charge in [-0.25, -0.2) is 13.8 Å². The van der Waals surface area contributed by atoms with E-state index in [2.05, 4.69) is 34.3 Å². The molecule has 0 amide bonds. The third kappa shape index (κ3) is 4.17. The summed E-state index contributed by atoms with van der Waals surface area (Å²) < 4.78 is 26.4. The SMILES string of the molecule is Fc1ccc(CN2C=NC3=C(C2)NC(C#CCc2ccccc2)C3)cc1F. The minimum absolute atomic E-state index is 0.0686. The molecule has 0 saturated heterocycles. The monoisotopic (exact) mass is 363 g/mol. The van der Waals surface area contributed by atoms with E-state index in [-0.39, 0.29) is 6.04 Å². The smallest absolute Gasteiger partial charge is 0.159 e. The van der Waals surface area contributed by atoms with Crippen LogP contribution in [0, 0.1) is 23.5 Å². The molecule has 0 spiro atoms. The molecule has 1 unspecified atom stereocenters. The fourth-order valence-electron chi connectivity index (χ4n) is 3.25. The quantitative estimate of drug-likeness (QED) is 0.844. The highest BCUT2D eigenvalue weighted by atomic mass is 19.2. The van der Waals surface area contributed by atoms with Crippen molar-refractivity contribution in [2.75, 3.05) is 6.54 Å². The summed E-state index contributed by atoms with van der Waals surface area (Å²) in [6, 6.07) is 14.2. The summed E-state index contributed by atoms with van der Waals surface area (Å²) in [5.74, 6) is 4.86. The number of hydrogen-bond acceptors (Lipinski definition) is 3. The van der Waals surface area contributed by atoms with E-state index in [1.807, 2.05) is 23.1 Å². The zero-order valence-corrected chi connectivity index (χ0v) is 14.8. The van der Waals surface area contributed by atoms with E-state index in [0.717, 1.165) is 30.3 Å². The van der Waals surface area contributed by atoms with E-state index in [9.17, 15) is 8.78 Å². The Labute approximate surface area is 157 Å². The third-order valence-corrected chi connectivity index (χ3v) is 4.61. The van der Waals surface area contributed by atoms with E-state index in [0.29, 0.717) is 18.7 Å². The normalized spacial score (nSPS) is 18.0. The second-order valence-corrected chi connectivity index (χ2v) is 6.71. The van der Waals surface area contributed by atoms with Gasteiger partial charge in [-0.3, -0.25) is 0 Å². The van der Waals surface area contributed by atoms with Gasteiger partial charge in [0.05, 0.1) is 30.3 Å². The summed E-state index contributed by atoms with van der Waals surface area (Å²) in [5, 5.41) is 3.43. The second kappa shape index (κ2) is 7.63. The van der Waals surface area contributed by atoms with Gasteiger partial charge >= 0.3 is 0 Å². The zero-order valence-electron chi connectivity index (χ0n) is 14.8. The predicted octanol–water partition coefficient (Wildman–Crippen LogP) is 3.63. The average molecular weight is 363 g/mol. The lowest BCUT2D eigenvalue weighted by Crippen LogP contribution is -2.32. The number of halogens is 2. The second-order valence-electron chi connectivity index (χ2n) is 6.71. The van der Waals surface area contributed by atoms with Gasteiger partial charge in [-0.1, -0.05) is 48.2 Å². The van der Waals surface area contributed by atoms with Crippen molar-refractivity contribution in [3.63, 3.8) is 0 Å². The van der Waals surface area contributed by atoms with Crippen molar-refractivity contribution in [3.05, 3.63) is 82.7 Å². The highest BCUT2D eigenvalue weighted by Crippen LogP contribution is 2.24. The molecule has 4 rings (SSSR count). The number of hydrogen-bond donors (Lipinski definition) is 1. The Morgan fingerprint density at radius 1 is 1.07 bits per heavy atom. The molecule has 2 aromatic carbocycles. The number of nitrogens with zero attached hydrogens (tertiary/aromatic N) is 2. The van der Waals surface area contributed by atoms with Crippen LogP contribution < -0.4 is 5.32 Å². The van der Waals surface area contributed by atoms with E-state index < -0.39 is 11.6 Å². The van der Waals surface area contributed by atoms with Crippen LogP contribution in [0.2, 0.25) is 0 Å². The van der Waals surface area contributed by atoms with Gasteiger partial charge in [0.25, 0.3) is 0 Å². The van der Waals surface area contributed by atoms with Crippen LogP contribution in [0.5, 0.6) is 0 Å². The summed E-state index contributed by atoms with van der Waals surface area (Å²) in [6.07, 6.45) is 3.28. The van der Waals surface area contributed by atoms with E-state index >= 15 is 0 Å². The molecule has 0 aromatic heterocycles. The largest absolute Gasteiger partial charge is 0.372 e. The summed E-state index contributed by atoms with van der Waals surface area (Å²) in [6.45, 7) is 1.14. The molecule has 1 atom stereocenters. The molecule has 136 valence electrons. The van der Waals surface area contributed by atoms with Crippen molar-refractivity contribution in [1.82, 2.24) is 10.2 Å². The van der Waals surface area contributed by atoms with Crippen molar-refractivity contribution in [3.8, 4) is 11.8 Å². The molecular formula is C22H19F2N3. The first-order valence-electron chi connectivity index (χ1n) is 8.90. The van der Waals surface area contributed by atoms with E-state index in [4.69, 9.17) is 0 Å². The molecule has 0 saturated carbocycles. The van der Waals surface area contributed by atoms with Crippen LogP contribution in [0.3, 0.4) is 0 Å². The number of benzene rings is 2. The van der Waals surface area contributed by atoms with Gasteiger partial charge in [-0.15, -0.1) is 0 Å². The zero-order chi connectivity index (χ0) is 18.6. The maximum Gasteiger partial charge on any atom is 0.159 e. The molecule has 0 fully saturated rings. The minimum atomic E-state index is -0.828. The van der Waals surface area contributed by atoms with E-state index in [1.165, 1.54) is 11.6 Å². The molecule has 2 aliphatic rings. The summed E-state index contributed by atoms with van der Waals surface area (Å²) in [4.78, 5) is 6.48.